The van der Waals surface area contributed by atoms with Crippen LogP contribution in [0.3, 0.4) is 0 Å². The summed E-state index contributed by atoms with van der Waals surface area (Å²) in [5.41, 5.74) is 1.28. The molecule has 5 heteroatoms. The number of carbonyl (C=O) groups excluding carboxylic acids is 1. The number of methoxy groups -OCH3 is 2. The van der Waals surface area contributed by atoms with E-state index in [1.807, 2.05) is 13.0 Å². The van der Waals surface area contributed by atoms with Crippen molar-refractivity contribution in [2.45, 2.75) is 44.1 Å². The van der Waals surface area contributed by atoms with E-state index >= 15 is 0 Å². The number of ether oxygens (including phenoxy) is 3. The fraction of sp³-hybridized carbons (Fsp3) is 0.550. The van der Waals surface area contributed by atoms with Crippen molar-refractivity contribution in [2.24, 2.45) is 0 Å². The Morgan fingerprint density at radius 1 is 1.24 bits per heavy atom. The molecule has 1 aromatic rings. The van der Waals surface area contributed by atoms with Gasteiger partial charge in [0.2, 0.25) is 0 Å². The molecule has 1 aromatic carbocycles. The summed E-state index contributed by atoms with van der Waals surface area (Å²) in [6, 6.07) is 6.44. The summed E-state index contributed by atoms with van der Waals surface area (Å²) in [6.45, 7) is 2.84. The second kappa shape index (κ2) is 7.08. The predicted molar refractivity (Wildman–Crippen MR) is 96.0 cm³/mol. The highest BCUT2D eigenvalue weighted by Crippen LogP contribution is 2.49. The quantitative estimate of drug-likeness (QED) is 0.767. The fourth-order valence-electron chi connectivity index (χ4n) is 4.16. The normalized spacial score (nSPS) is 25.9. The second-order valence-corrected chi connectivity index (χ2v) is 6.86. The Kier molecular flexibility index (Phi) is 5.04. The smallest absolute Gasteiger partial charge is 0.310 e. The van der Waals surface area contributed by atoms with Crippen molar-refractivity contribution in [2.75, 3.05) is 27.8 Å². The minimum absolute atomic E-state index is 0.0242. The standard InChI is InChI=1S/C20H27NO4/c1-5-19(22)25-15-8-9-20(10-11-21(2)18(20)13-15)14-6-7-16(23-3)17(12-14)24-4/h6-7,12-13,18H,5,8-11H2,1-4H3. The first-order valence-electron chi connectivity index (χ1n) is 8.88. The Morgan fingerprint density at radius 2 is 2.00 bits per heavy atom. The van der Waals surface area contributed by atoms with Gasteiger partial charge >= 0.3 is 5.97 Å². The van der Waals surface area contributed by atoms with E-state index < -0.39 is 0 Å². The van der Waals surface area contributed by atoms with Crippen LogP contribution in [-0.2, 0) is 14.9 Å². The van der Waals surface area contributed by atoms with Gasteiger partial charge in [0.15, 0.2) is 11.5 Å². The molecule has 0 bridgehead atoms. The van der Waals surface area contributed by atoms with Gasteiger partial charge in [-0.2, -0.15) is 0 Å². The van der Waals surface area contributed by atoms with Crippen LogP contribution < -0.4 is 9.47 Å². The summed E-state index contributed by atoms with van der Waals surface area (Å²) in [7, 11) is 5.45. The van der Waals surface area contributed by atoms with E-state index in [4.69, 9.17) is 14.2 Å². The topological polar surface area (TPSA) is 48.0 Å². The maximum Gasteiger partial charge on any atom is 0.310 e. The molecular weight excluding hydrogens is 318 g/mol. The molecule has 136 valence electrons. The van der Waals surface area contributed by atoms with E-state index in [1.54, 1.807) is 14.2 Å². The summed E-state index contributed by atoms with van der Waals surface area (Å²) in [5.74, 6) is 2.15. The largest absolute Gasteiger partial charge is 0.493 e. The zero-order valence-corrected chi connectivity index (χ0v) is 15.5. The Hall–Kier alpha value is -2.01. The van der Waals surface area contributed by atoms with Gasteiger partial charge in [-0.1, -0.05) is 13.0 Å². The minimum atomic E-state index is -0.162. The van der Waals surface area contributed by atoms with Gasteiger partial charge in [0.1, 0.15) is 5.76 Å². The molecule has 3 rings (SSSR count). The summed E-state index contributed by atoms with van der Waals surface area (Å²) < 4.78 is 16.4. The number of likely N-dealkylation sites (tertiary alicyclic amines) is 1. The highest BCUT2D eigenvalue weighted by molar-refractivity contribution is 5.70. The molecule has 0 spiro atoms. The Morgan fingerprint density at radius 3 is 2.68 bits per heavy atom. The highest BCUT2D eigenvalue weighted by Gasteiger charge is 2.48. The maximum atomic E-state index is 11.7. The monoisotopic (exact) mass is 345 g/mol. The average Bonchev–Trinajstić information content (AvgIpc) is 2.98. The molecule has 1 saturated heterocycles. The molecule has 2 unspecified atom stereocenters. The molecule has 2 atom stereocenters. The number of fused-ring (bicyclic) bond motifs is 1. The van der Waals surface area contributed by atoms with Crippen molar-refractivity contribution >= 4 is 5.97 Å². The van der Waals surface area contributed by atoms with Crippen molar-refractivity contribution in [1.29, 1.82) is 0 Å². The first kappa shape index (κ1) is 17.8. The van der Waals surface area contributed by atoms with Crippen LogP contribution >= 0.6 is 0 Å². The molecule has 1 aliphatic heterocycles. The van der Waals surface area contributed by atoms with Crippen LogP contribution in [-0.4, -0.2) is 44.7 Å². The van der Waals surface area contributed by atoms with Crippen LogP contribution in [0.5, 0.6) is 11.5 Å². The van der Waals surface area contributed by atoms with Crippen LogP contribution in [0.2, 0.25) is 0 Å². The third-order valence-corrected chi connectivity index (χ3v) is 5.60. The van der Waals surface area contributed by atoms with E-state index in [0.717, 1.165) is 43.1 Å². The number of hydrogen-bond donors (Lipinski definition) is 0. The summed E-state index contributed by atoms with van der Waals surface area (Å²) in [6.07, 6.45) is 5.36. The molecule has 0 aromatic heterocycles. The fourth-order valence-corrected chi connectivity index (χ4v) is 4.16. The lowest BCUT2D eigenvalue weighted by Crippen LogP contribution is -2.42. The minimum Gasteiger partial charge on any atom is -0.493 e. The predicted octanol–water partition coefficient (Wildman–Crippen LogP) is 3.28. The first-order chi connectivity index (χ1) is 12.0. The number of likely N-dealkylation sites (N-methyl/N-ethyl adjacent to an activating group) is 1. The van der Waals surface area contributed by atoms with Gasteiger partial charge < -0.3 is 14.2 Å². The Labute approximate surface area is 149 Å². The third-order valence-electron chi connectivity index (χ3n) is 5.60. The molecule has 0 N–H and O–H groups in total. The highest BCUT2D eigenvalue weighted by atomic mass is 16.5. The number of hydrogen-bond acceptors (Lipinski definition) is 5. The van der Waals surface area contributed by atoms with Crippen molar-refractivity contribution < 1.29 is 19.0 Å². The zero-order valence-electron chi connectivity index (χ0n) is 15.5. The van der Waals surface area contributed by atoms with Gasteiger partial charge in [0.25, 0.3) is 0 Å². The summed E-state index contributed by atoms with van der Waals surface area (Å²) >= 11 is 0. The molecule has 2 aliphatic rings. The van der Waals surface area contributed by atoms with Crippen LogP contribution in [0.4, 0.5) is 0 Å². The molecular formula is C20H27NO4. The lowest BCUT2D eigenvalue weighted by Gasteiger charge is -2.40. The maximum absolute atomic E-state index is 11.7. The SMILES string of the molecule is CCC(=O)OC1=CC2N(C)CCC2(c2ccc(OC)c(OC)c2)CC1. The number of nitrogens with zero attached hydrogens (tertiary/aromatic N) is 1. The van der Waals surface area contributed by atoms with Crippen molar-refractivity contribution in [3.8, 4) is 11.5 Å². The number of benzene rings is 1. The van der Waals surface area contributed by atoms with E-state index in [2.05, 4.69) is 30.2 Å². The summed E-state index contributed by atoms with van der Waals surface area (Å²) in [5, 5.41) is 0. The van der Waals surface area contributed by atoms with Gasteiger partial charge in [-0.15, -0.1) is 0 Å². The lowest BCUT2D eigenvalue weighted by molar-refractivity contribution is -0.139. The Balaban J connectivity index is 1.96. The second-order valence-electron chi connectivity index (χ2n) is 6.86. The van der Waals surface area contributed by atoms with Crippen LogP contribution in [0.15, 0.2) is 30.0 Å². The molecule has 0 amide bonds. The molecule has 1 heterocycles. The molecule has 0 radical (unpaired) electrons. The molecule has 0 saturated carbocycles. The third kappa shape index (κ3) is 3.13. The number of carbonyl (C=O) groups is 1. The van der Waals surface area contributed by atoms with Gasteiger partial charge in [-0.3, -0.25) is 9.69 Å². The van der Waals surface area contributed by atoms with Crippen molar-refractivity contribution in [3.63, 3.8) is 0 Å². The number of rotatable bonds is 5. The molecule has 5 nitrogen and oxygen atoms in total. The molecule has 25 heavy (non-hydrogen) atoms. The van der Waals surface area contributed by atoms with Crippen molar-refractivity contribution in [1.82, 2.24) is 4.90 Å². The summed E-state index contributed by atoms with van der Waals surface area (Å²) in [4.78, 5) is 14.0. The van der Waals surface area contributed by atoms with E-state index in [-0.39, 0.29) is 17.4 Å². The van der Waals surface area contributed by atoms with E-state index in [0.29, 0.717) is 6.42 Å². The van der Waals surface area contributed by atoms with Gasteiger partial charge in [0.05, 0.1) is 14.2 Å². The van der Waals surface area contributed by atoms with Gasteiger partial charge in [-0.05, 0) is 50.2 Å². The average molecular weight is 345 g/mol. The van der Waals surface area contributed by atoms with Gasteiger partial charge in [0, 0.05) is 24.3 Å². The van der Waals surface area contributed by atoms with Crippen LogP contribution in [0, 0.1) is 0 Å². The van der Waals surface area contributed by atoms with Crippen LogP contribution in [0.25, 0.3) is 0 Å². The number of allylic oxidation sites excluding steroid dienone is 1. The van der Waals surface area contributed by atoms with E-state index in [1.165, 1.54) is 5.56 Å². The molecule has 1 fully saturated rings. The Bertz CT molecular complexity index is 684. The van der Waals surface area contributed by atoms with Gasteiger partial charge in [-0.25, -0.2) is 0 Å². The lowest BCUT2D eigenvalue weighted by atomic mass is 9.68. The van der Waals surface area contributed by atoms with E-state index in [9.17, 15) is 4.79 Å². The van der Waals surface area contributed by atoms with Crippen molar-refractivity contribution in [3.05, 3.63) is 35.6 Å². The zero-order chi connectivity index (χ0) is 18.0. The molecule has 1 aliphatic carbocycles. The van der Waals surface area contributed by atoms with Crippen LogP contribution in [0.1, 0.15) is 38.2 Å². The number of esters is 1. The first-order valence-corrected chi connectivity index (χ1v) is 8.88.